The first-order valence-corrected chi connectivity index (χ1v) is 6.99. The Labute approximate surface area is 123 Å². The van der Waals surface area contributed by atoms with Crippen molar-refractivity contribution >= 4 is 17.6 Å². The highest BCUT2D eigenvalue weighted by atomic mass is 16.5. The quantitative estimate of drug-likeness (QED) is 0.803. The highest BCUT2D eigenvalue weighted by Crippen LogP contribution is 2.19. The Balaban J connectivity index is 1.82. The van der Waals surface area contributed by atoms with Gasteiger partial charge in [-0.2, -0.15) is 0 Å². The van der Waals surface area contributed by atoms with Crippen molar-refractivity contribution < 1.29 is 24.2 Å². The van der Waals surface area contributed by atoms with E-state index in [1.165, 1.54) is 0 Å². The molecular weight excluding hydrogens is 274 g/mol. The van der Waals surface area contributed by atoms with Gasteiger partial charge < -0.3 is 19.9 Å². The standard InChI is InChI=1S/C15H19NO5/c17-14(6-7-15(18)19)16-11-3-1-4-12(9-11)21-10-13-5-2-8-20-13/h1,3-4,9,13H,2,5-8,10H2,(H,16,17)(H,18,19). The smallest absolute Gasteiger partial charge is 0.303 e. The maximum Gasteiger partial charge on any atom is 0.303 e. The van der Waals surface area contributed by atoms with Gasteiger partial charge in [0.2, 0.25) is 5.91 Å². The van der Waals surface area contributed by atoms with Gasteiger partial charge in [0.25, 0.3) is 0 Å². The van der Waals surface area contributed by atoms with Crippen LogP contribution in [0.25, 0.3) is 0 Å². The number of carboxylic acids is 1. The number of rotatable bonds is 7. The topological polar surface area (TPSA) is 84.9 Å². The first-order valence-electron chi connectivity index (χ1n) is 6.99. The van der Waals surface area contributed by atoms with E-state index in [2.05, 4.69) is 5.32 Å². The summed E-state index contributed by atoms with van der Waals surface area (Å²) in [5.41, 5.74) is 0.593. The molecule has 0 saturated carbocycles. The summed E-state index contributed by atoms with van der Waals surface area (Å²) < 4.78 is 11.1. The van der Waals surface area contributed by atoms with E-state index in [4.69, 9.17) is 14.6 Å². The Bertz CT molecular complexity index is 497. The lowest BCUT2D eigenvalue weighted by Gasteiger charge is -2.12. The molecular formula is C15H19NO5. The van der Waals surface area contributed by atoms with Crippen molar-refractivity contribution in [3.05, 3.63) is 24.3 Å². The second kappa shape index (κ2) is 7.64. The fraction of sp³-hybridized carbons (Fsp3) is 0.467. The highest BCUT2D eigenvalue weighted by molar-refractivity contribution is 5.92. The Kier molecular flexibility index (Phi) is 5.57. The molecule has 1 unspecified atom stereocenters. The molecule has 1 aliphatic rings. The molecule has 1 aromatic rings. The first-order chi connectivity index (χ1) is 10.1. The molecule has 1 amide bonds. The van der Waals surface area contributed by atoms with Crippen molar-refractivity contribution in [2.75, 3.05) is 18.5 Å². The summed E-state index contributed by atoms with van der Waals surface area (Å²) in [5, 5.41) is 11.2. The Morgan fingerprint density at radius 1 is 1.38 bits per heavy atom. The number of anilines is 1. The number of carboxylic acid groups (broad SMARTS) is 1. The predicted octanol–water partition coefficient (Wildman–Crippen LogP) is 2.05. The van der Waals surface area contributed by atoms with Gasteiger partial charge in [0, 0.05) is 24.8 Å². The molecule has 2 N–H and O–H groups in total. The van der Waals surface area contributed by atoms with Crippen LogP contribution in [-0.4, -0.2) is 36.3 Å². The summed E-state index contributed by atoms with van der Waals surface area (Å²) in [6.07, 6.45) is 1.98. The van der Waals surface area contributed by atoms with E-state index in [1.807, 2.05) is 6.07 Å². The fourth-order valence-corrected chi connectivity index (χ4v) is 2.07. The van der Waals surface area contributed by atoms with E-state index in [-0.39, 0.29) is 24.9 Å². The minimum atomic E-state index is -0.987. The molecule has 21 heavy (non-hydrogen) atoms. The lowest BCUT2D eigenvalue weighted by atomic mass is 10.2. The number of hydrogen-bond donors (Lipinski definition) is 2. The molecule has 1 fully saturated rings. The zero-order valence-corrected chi connectivity index (χ0v) is 11.7. The van der Waals surface area contributed by atoms with E-state index in [9.17, 15) is 9.59 Å². The van der Waals surface area contributed by atoms with Crippen molar-refractivity contribution in [2.45, 2.75) is 31.8 Å². The third kappa shape index (κ3) is 5.43. The molecule has 6 heteroatoms. The van der Waals surface area contributed by atoms with Crippen molar-refractivity contribution in [1.29, 1.82) is 0 Å². The molecule has 0 aromatic heterocycles. The van der Waals surface area contributed by atoms with Crippen LogP contribution in [0.2, 0.25) is 0 Å². The molecule has 0 aliphatic carbocycles. The number of benzene rings is 1. The molecule has 0 radical (unpaired) electrons. The molecule has 1 aliphatic heterocycles. The van der Waals surface area contributed by atoms with Gasteiger partial charge in [-0.05, 0) is 25.0 Å². The van der Waals surface area contributed by atoms with Gasteiger partial charge in [0.05, 0.1) is 12.5 Å². The van der Waals surface area contributed by atoms with Gasteiger partial charge in [-0.1, -0.05) is 6.07 Å². The maximum absolute atomic E-state index is 11.6. The lowest BCUT2D eigenvalue weighted by molar-refractivity contribution is -0.138. The van der Waals surface area contributed by atoms with Gasteiger partial charge in [0.1, 0.15) is 12.4 Å². The van der Waals surface area contributed by atoms with Crippen LogP contribution in [0.4, 0.5) is 5.69 Å². The Hall–Kier alpha value is -2.08. The third-order valence-electron chi connectivity index (χ3n) is 3.14. The minimum absolute atomic E-state index is 0.0453. The van der Waals surface area contributed by atoms with E-state index in [0.717, 1.165) is 19.4 Å². The molecule has 1 heterocycles. The molecule has 1 aromatic carbocycles. The predicted molar refractivity (Wildman–Crippen MR) is 76.4 cm³/mol. The average molecular weight is 293 g/mol. The SMILES string of the molecule is O=C(O)CCC(=O)Nc1cccc(OCC2CCCO2)c1. The normalized spacial score (nSPS) is 17.4. The van der Waals surface area contributed by atoms with Gasteiger partial charge in [-0.3, -0.25) is 9.59 Å². The lowest BCUT2D eigenvalue weighted by Crippen LogP contribution is -2.16. The van der Waals surface area contributed by atoms with Crippen LogP contribution in [-0.2, 0) is 14.3 Å². The van der Waals surface area contributed by atoms with Gasteiger partial charge in [0.15, 0.2) is 0 Å². The summed E-state index contributed by atoms with van der Waals surface area (Å²) in [4.78, 5) is 22.0. The summed E-state index contributed by atoms with van der Waals surface area (Å²) in [6, 6.07) is 7.03. The molecule has 6 nitrogen and oxygen atoms in total. The number of amides is 1. The van der Waals surface area contributed by atoms with Gasteiger partial charge in [-0.15, -0.1) is 0 Å². The number of carbonyl (C=O) groups excluding carboxylic acids is 1. The highest BCUT2D eigenvalue weighted by Gasteiger charge is 2.16. The van der Waals surface area contributed by atoms with Crippen LogP contribution < -0.4 is 10.1 Å². The number of carbonyl (C=O) groups is 2. The van der Waals surface area contributed by atoms with Crippen molar-refractivity contribution in [1.82, 2.24) is 0 Å². The molecule has 0 bridgehead atoms. The van der Waals surface area contributed by atoms with Crippen molar-refractivity contribution in [3.8, 4) is 5.75 Å². The molecule has 1 atom stereocenters. The number of hydrogen-bond acceptors (Lipinski definition) is 4. The van der Waals surface area contributed by atoms with E-state index >= 15 is 0 Å². The number of aliphatic carboxylic acids is 1. The maximum atomic E-state index is 11.6. The first kappa shape index (κ1) is 15.3. The summed E-state index contributed by atoms with van der Waals surface area (Å²) >= 11 is 0. The Morgan fingerprint density at radius 2 is 2.24 bits per heavy atom. The largest absolute Gasteiger partial charge is 0.491 e. The molecule has 114 valence electrons. The molecule has 0 spiro atoms. The van der Waals surface area contributed by atoms with E-state index in [1.54, 1.807) is 18.2 Å². The van der Waals surface area contributed by atoms with E-state index in [0.29, 0.717) is 18.0 Å². The summed E-state index contributed by atoms with van der Waals surface area (Å²) in [7, 11) is 0. The zero-order valence-electron chi connectivity index (χ0n) is 11.7. The Morgan fingerprint density at radius 3 is 2.95 bits per heavy atom. The monoisotopic (exact) mass is 293 g/mol. The summed E-state index contributed by atoms with van der Waals surface area (Å²) in [6.45, 7) is 1.28. The molecule has 1 saturated heterocycles. The van der Waals surface area contributed by atoms with Crippen LogP contribution in [0.5, 0.6) is 5.75 Å². The van der Waals surface area contributed by atoms with Crippen LogP contribution in [0.3, 0.4) is 0 Å². The van der Waals surface area contributed by atoms with Crippen LogP contribution in [0, 0.1) is 0 Å². The van der Waals surface area contributed by atoms with Crippen LogP contribution in [0.1, 0.15) is 25.7 Å². The zero-order chi connectivity index (χ0) is 15.1. The number of ether oxygens (including phenoxy) is 2. The second-order valence-electron chi connectivity index (χ2n) is 4.92. The number of nitrogens with one attached hydrogen (secondary N) is 1. The van der Waals surface area contributed by atoms with Gasteiger partial charge in [-0.25, -0.2) is 0 Å². The van der Waals surface area contributed by atoms with Crippen molar-refractivity contribution in [3.63, 3.8) is 0 Å². The van der Waals surface area contributed by atoms with Crippen LogP contribution >= 0.6 is 0 Å². The minimum Gasteiger partial charge on any atom is -0.491 e. The second-order valence-corrected chi connectivity index (χ2v) is 4.92. The van der Waals surface area contributed by atoms with Crippen molar-refractivity contribution in [2.24, 2.45) is 0 Å². The average Bonchev–Trinajstić information content (AvgIpc) is 2.97. The third-order valence-corrected chi connectivity index (χ3v) is 3.14. The van der Waals surface area contributed by atoms with E-state index < -0.39 is 5.97 Å². The summed E-state index contributed by atoms with van der Waals surface area (Å²) in [5.74, 6) is -0.658. The molecule has 2 rings (SSSR count). The van der Waals surface area contributed by atoms with Crippen LogP contribution in [0.15, 0.2) is 24.3 Å². The fourth-order valence-electron chi connectivity index (χ4n) is 2.07. The van der Waals surface area contributed by atoms with Gasteiger partial charge >= 0.3 is 5.97 Å².